The van der Waals surface area contributed by atoms with Gasteiger partial charge in [0.1, 0.15) is 11.9 Å². The lowest BCUT2D eigenvalue weighted by atomic mass is 10.2. The van der Waals surface area contributed by atoms with Gasteiger partial charge in [0.25, 0.3) is 5.91 Å². The molecule has 32 heavy (non-hydrogen) atoms. The molecule has 2 N–H and O–H groups in total. The summed E-state index contributed by atoms with van der Waals surface area (Å²) in [6.07, 6.45) is -1.03. The lowest BCUT2D eigenvalue weighted by Gasteiger charge is -2.29. The molecule has 1 atom stereocenters. The van der Waals surface area contributed by atoms with E-state index < -0.39 is 12.2 Å². The second-order valence-corrected chi connectivity index (χ2v) is 9.01. The maximum atomic E-state index is 14.7. The van der Waals surface area contributed by atoms with Crippen LogP contribution in [0.1, 0.15) is 10.4 Å². The summed E-state index contributed by atoms with van der Waals surface area (Å²) in [7, 11) is 0. The number of cyclic esters (lactones) is 1. The molecular formula is C22H23FN4O3S2. The molecule has 4 rings (SSSR count). The maximum Gasteiger partial charge on any atom is 0.414 e. The van der Waals surface area contributed by atoms with Crippen molar-refractivity contribution in [3.05, 3.63) is 59.9 Å². The molecule has 0 aliphatic carbocycles. The third-order valence-corrected chi connectivity index (χ3v) is 6.41. The molecule has 0 radical (unpaired) electrons. The number of halogens is 1. The van der Waals surface area contributed by atoms with Crippen LogP contribution in [0.25, 0.3) is 0 Å². The van der Waals surface area contributed by atoms with Gasteiger partial charge in [-0.15, -0.1) is 0 Å². The minimum atomic E-state index is -0.544. The average Bonchev–Trinajstić information content (AvgIpc) is 3.19. The van der Waals surface area contributed by atoms with Crippen LogP contribution >= 0.6 is 24.0 Å². The van der Waals surface area contributed by atoms with Gasteiger partial charge >= 0.3 is 6.09 Å². The summed E-state index contributed by atoms with van der Waals surface area (Å²) < 4.78 is 20.1. The predicted octanol–water partition coefficient (Wildman–Crippen LogP) is 3.01. The fraction of sp³-hybridized carbons (Fsp3) is 0.318. The molecule has 0 aromatic heterocycles. The van der Waals surface area contributed by atoms with E-state index in [1.54, 1.807) is 36.4 Å². The molecule has 2 heterocycles. The Balaban J connectivity index is 1.30. The fourth-order valence-corrected chi connectivity index (χ4v) is 4.66. The summed E-state index contributed by atoms with van der Waals surface area (Å²) in [5.41, 5.74) is 1.49. The Labute approximate surface area is 195 Å². The van der Waals surface area contributed by atoms with Crippen LogP contribution in [0.5, 0.6) is 0 Å². The molecule has 2 fully saturated rings. The molecule has 168 valence electrons. The number of benzene rings is 2. The van der Waals surface area contributed by atoms with E-state index in [9.17, 15) is 14.0 Å². The summed E-state index contributed by atoms with van der Waals surface area (Å²) >= 11 is 7.02. The van der Waals surface area contributed by atoms with Crippen LogP contribution in [0.15, 0.2) is 48.5 Å². The van der Waals surface area contributed by atoms with Crippen LogP contribution in [0.4, 0.5) is 20.6 Å². The van der Waals surface area contributed by atoms with Gasteiger partial charge in [-0.2, -0.15) is 11.8 Å². The first-order valence-electron chi connectivity index (χ1n) is 10.3. The van der Waals surface area contributed by atoms with E-state index in [1.807, 2.05) is 22.7 Å². The van der Waals surface area contributed by atoms with Crippen LogP contribution < -0.4 is 20.4 Å². The van der Waals surface area contributed by atoms with Gasteiger partial charge in [-0.3, -0.25) is 15.0 Å². The van der Waals surface area contributed by atoms with Crippen LogP contribution in [0, 0.1) is 5.82 Å². The summed E-state index contributed by atoms with van der Waals surface area (Å²) in [5.74, 6) is 1.27. The van der Waals surface area contributed by atoms with E-state index in [0.717, 1.165) is 24.6 Å². The van der Waals surface area contributed by atoms with Crippen molar-refractivity contribution < 1.29 is 18.7 Å². The van der Waals surface area contributed by atoms with E-state index in [0.29, 0.717) is 16.9 Å². The van der Waals surface area contributed by atoms with E-state index in [2.05, 4.69) is 10.6 Å². The van der Waals surface area contributed by atoms with Crippen molar-refractivity contribution in [2.45, 2.75) is 6.10 Å². The Bertz CT molecular complexity index is 1000. The zero-order chi connectivity index (χ0) is 22.5. The van der Waals surface area contributed by atoms with Crippen LogP contribution in [-0.2, 0) is 4.74 Å². The normalized spacial score (nSPS) is 18.3. The molecule has 2 amide bonds. The number of ether oxygens (including phenoxy) is 1. The molecule has 2 aromatic rings. The van der Waals surface area contributed by atoms with Gasteiger partial charge in [-0.25, -0.2) is 9.18 Å². The number of rotatable bonds is 5. The Morgan fingerprint density at radius 1 is 1.19 bits per heavy atom. The van der Waals surface area contributed by atoms with E-state index in [4.69, 9.17) is 17.0 Å². The number of nitrogens with zero attached hydrogens (tertiary/aromatic N) is 2. The first-order valence-corrected chi connectivity index (χ1v) is 11.8. The molecule has 7 nitrogen and oxygen atoms in total. The number of hydrogen-bond acceptors (Lipinski definition) is 6. The number of thiocarbonyl (C=S) groups is 1. The summed E-state index contributed by atoms with van der Waals surface area (Å²) in [6.45, 7) is 2.09. The number of amides is 2. The zero-order valence-corrected chi connectivity index (χ0v) is 18.9. The van der Waals surface area contributed by atoms with Crippen molar-refractivity contribution in [1.29, 1.82) is 0 Å². The smallest absolute Gasteiger partial charge is 0.414 e. The molecular weight excluding hydrogens is 451 g/mol. The first kappa shape index (κ1) is 22.3. The fourth-order valence-electron chi connectivity index (χ4n) is 3.58. The van der Waals surface area contributed by atoms with Crippen molar-refractivity contribution in [2.75, 3.05) is 47.5 Å². The van der Waals surface area contributed by atoms with Gasteiger partial charge < -0.3 is 15.0 Å². The third-order valence-electron chi connectivity index (χ3n) is 5.22. The Morgan fingerprint density at radius 3 is 2.66 bits per heavy atom. The molecule has 0 unspecified atom stereocenters. The van der Waals surface area contributed by atoms with Crippen LogP contribution in [0.2, 0.25) is 0 Å². The number of thioether (sulfide) groups is 1. The second-order valence-electron chi connectivity index (χ2n) is 7.38. The number of anilines is 2. The van der Waals surface area contributed by atoms with Crippen molar-refractivity contribution >= 4 is 52.5 Å². The maximum absolute atomic E-state index is 14.7. The number of carbonyl (C=O) groups is 2. The summed E-state index contributed by atoms with van der Waals surface area (Å²) in [5, 5.41) is 5.63. The average molecular weight is 475 g/mol. The molecule has 0 saturated carbocycles. The second kappa shape index (κ2) is 10.2. The van der Waals surface area contributed by atoms with E-state index in [1.165, 1.54) is 11.0 Å². The number of hydrogen-bond donors (Lipinski definition) is 2. The lowest BCUT2D eigenvalue weighted by Crippen LogP contribution is -2.43. The summed E-state index contributed by atoms with van der Waals surface area (Å²) in [6, 6.07) is 13.5. The van der Waals surface area contributed by atoms with E-state index >= 15 is 0 Å². The quantitative estimate of drug-likeness (QED) is 0.646. The van der Waals surface area contributed by atoms with Crippen molar-refractivity contribution in [2.24, 2.45) is 0 Å². The molecule has 10 heteroatoms. The Hall–Kier alpha value is -2.85. The van der Waals surface area contributed by atoms with Gasteiger partial charge in [0.2, 0.25) is 0 Å². The molecule has 2 aliphatic rings. The summed E-state index contributed by atoms with van der Waals surface area (Å²) in [4.78, 5) is 27.9. The van der Waals surface area contributed by atoms with Gasteiger partial charge in [-0.1, -0.05) is 18.2 Å². The van der Waals surface area contributed by atoms with Gasteiger partial charge in [0, 0.05) is 30.2 Å². The van der Waals surface area contributed by atoms with E-state index in [-0.39, 0.29) is 29.9 Å². The highest BCUT2D eigenvalue weighted by molar-refractivity contribution is 7.99. The van der Waals surface area contributed by atoms with Gasteiger partial charge in [0.15, 0.2) is 5.11 Å². The van der Waals surface area contributed by atoms with Gasteiger partial charge in [-0.05, 0) is 42.5 Å². The molecule has 0 spiro atoms. The monoisotopic (exact) mass is 474 g/mol. The number of carbonyl (C=O) groups excluding carboxylic acids is 2. The zero-order valence-electron chi connectivity index (χ0n) is 17.3. The predicted molar refractivity (Wildman–Crippen MR) is 128 cm³/mol. The minimum absolute atomic E-state index is 0.142. The SMILES string of the molecule is O=C(NC(=S)NC[C@H]1CN(c2ccc(N3CCSCC3)c(F)c2)C(=O)O1)c1ccccc1. The highest BCUT2D eigenvalue weighted by Crippen LogP contribution is 2.29. The molecule has 2 aliphatic heterocycles. The lowest BCUT2D eigenvalue weighted by molar-refractivity contribution is 0.0975. The largest absolute Gasteiger partial charge is 0.442 e. The van der Waals surface area contributed by atoms with Crippen molar-refractivity contribution in [3.8, 4) is 0 Å². The van der Waals surface area contributed by atoms with Crippen molar-refractivity contribution in [1.82, 2.24) is 10.6 Å². The molecule has 0 bridgehead atoms. The Kier molecular flexibility index (Phi) is 7.11. The number of nitrogens with one attached hydrogen (secondary N) is 2. The standard InChI is InChI=1S/C22H23FN4O3S2/c23-18-12-16(6-7-19(18)26-8-10-32-11-9-26)27-14-17(30-22(27)29)13-24-21(31)25-20(28)15-4-2-1-3-5-15/h1-7,12,17H,8-11,13-14H2,(H2,24,25,28,31)/t17-/m0/s1. The first-order chi connectivity index (χ1) is 15.5. The minimum Gasteiger partial charge on any atom is -0.442 e. The topological polar surface area (TPSA) is 73.9 Å². The molecule has 2 saturated heterocycles. The van der Waals surface area contributed by atoms with Crippen molar-refractivity contribution in [3.63, 3.8) is 0 Å². The Morgan fingerprint density at radius 2 is 1.94 bits per heavy atom. The van der Waals surface area contributed by atoms with Crippen LogP contribution in [0.3, 0.4) is 0 Å². The van der Waals surface area contributed by atoms with Crippen LogP contribution in [-0.4, -0.2) is 60.9 Å². The highest BCUT2D eigenvalue weighted by Gasteiger charge is 2.33. The van der Waals surface area contributed by atoms with Gasteiger partial charge in [0.05, 0.1) is 24.5 Å². The third kappa shape index (κ3) is 5.31. The molecule has 2 aromatic carbocycles. The highest BCUT2D eigenvalue weighted by atomic mass is 32.2.